The molecule has 0 saturated carbocycles. The van der Waals surface area contributed by atoms with Crippen LogP contribution in [0.2, 0.25) is 0 Å². The van der Waals surface area contributed by atoms with Gasteiger partial charge in [0, 0.05) is 24.3 Å². The molecule has 0 spiro atoms. The molecule has 9 heteroatoms. The van der Waals surface area contributed by atoms with E-state index < -0.39 is 28.5 Å². The summed E-state index contributed by atoms with van der Waals surface area (Å²) in [6.07, 6.45) is -9.34. The minimum Gasteiger partial charge on any atom is -0.372 e. The molecule has 0 N–H and O–H groups in total. The van der Waals surface area contributed by atoms with E-state index in [4.69, 9.17) is 0 Å². The van der Waals surface area contributed by atoms with Crippen molar-refractivity contribution in [2.75, 3.05) is 18.0 Å². The molecule has 0 fully saturated rings. The number of hydrogen-bond acceptors (Lipinski definition) is 3. The number of aromatic nitrogens is 1. The van der Waals surface area contributed by atoms with Crippen molar-refractivity contribution < 1.29 is 26.3 Å². The minimum atomic E-state index is -4.68. The van der Waals surface area contributed by atoms with Crippen molar-refractivity contribution in [3.05, 3.63) is 34.2 Å². The van der Waals surface area contributed by atoms with Crippen molar-refractivity contribution in [3.63, 3.8) is 0 Å². The molecule has 24 heavy (non-hydrogen) atoms. The summed E-state index contributed by atoms with van der Waals surface area (Å²) in [6.45, 7) is 4.12. The first-order valence-corrected chi connectivity index (χ1v) is 7.94. The average molecular weight is 368 g/mol. The van der Waals surface area contributed by atoms with E-state index >= 15 is 0 Å². The maximum absolute atomic E-state index is 13.4. The summed E-state index contributed by atoms with van der Waals surface area (Å²) in [5, 5.41) is 0. The van der Waals surface area contributed by atoms with Crippen molar-refractivity contribution in [2.45, 2.75) is 26.2 Å². The van der Waals surface area contributed by atoms with E-state index in [1.165, 1.54) is 17.0 Å². The van der Waals surface area contributed by atoms with E-state index in [9.17, 15) is 26.3 Å². The Labute approximate surface area is 138 Å². The first-order valence-electron chi connectivity index (χ1n) is 7.06. The molecular formula is C15H14F6N2S. The van der Waals surface area contributed by atoms with E-state index in [1.807, 2.05) is 0 Å². The Kier molecular flexibility index (Phi) is 5.12. The zero-order valence-corrected chi connectivity index (χ0v) is 13.6. The molecule has 2 aromatic rings. The lowest BCUT2D eigenvalue weighted by molar-refractivity contribution is -0.137. The van der Waals surface area contributed by atoms with Crippen molar-refractivity contribution in [1.82, 2.24) is 4.98 Å². The van der Waals surface area contributed by atoms with Gasteiger partial charge in [-0.3, -0.25) is 0 Å². The number of thiazole rings is 1. The second-order valence-electron chi connectivity index (χ2n) is 4.93. The van der Waals surface area contributed by atoms with Crippen LogP contribution in [-0.2, 0) is 12.4 Å². The Bertz CT molecular complexity index is 701. The van der Waals surface area contributed by atoms with Crippen LogP contribution in [0.1, 0.15) is 24.3 Å². The molecule has 0 saturated heterocycles. The topological polar surface area (TPSA) is 16.1 Å². The third kappa shape index (κ3) is 3.66. The third-order valence-corrected chi connectivity index (χ3v) is 4.38. The highest BCUT2D eigenvalue weighted by Gasteiger charge is 2.38. The maximum atomic E-state index is 13.4. The lowest BCUT2D eigenvalue weighted by Crippen LogP contribution is -2.25. The normalized spacial score (nSPS) is 12.5. The van der Waals surface area contributed by atoms with Gasteiger partial charge >= 0.3 is 12.4 Å². The van der Waals surface area contributed by atoms with Gasteiger partial charge in [-0.25, -0.2) is 4.98 Å². The van der Waals surface area contributed by atoms with E-state index in [0.29, 0.717) is 24.4 Å². The average Bonchev–Trinajstić information content (AvgIpc) is 2.97. The Hall–Kier alpha value is -1.77. The lowest BCUT2D eigenvalue weighted by atomic mass is 10.0. The quantitative estimate of drug-likeness (QED) is 0.644. The Balaban J connectivity index is 2.62. The van der Waals surface area contributed by atoms with Crippen LogP contribution in [0.25, 0.3) is 11.3 Å². The zero-order chi connectivity index (χ0) is 18.1. The van der Waals surface area contributed by atoms with Crippen LogP contribution in [0.5, 0.6) is 0 Å². The van der Waals surface area contributed by atoms with Gasteiger partial charge in [0.25, 0.3) is 0 Å². The van der Waals surface area contributed by atoms with Gasteiger partial charge in [-0.2, -0.15) is 26.3 Å². The summed E-state index contributed by atoms with van der Waals surface area (Å²) in [7, 11) is 0. The summed E-state index contributed by atoms with van der Waals surface area (Å²) >= 11 is 0.356. The highest BCUT2D eigenvalue weighted by Crippen LogP contribution is 2.43. The molecule has 0 amide bonds. The fourth-order valence-electron chi connectivity index (χ4n) is 2.40. The minimum absolute atomic E-state index is 0.0555. The highest BCUT2D eigenvalue weighted by atomic mass is 32.1. The number of nitrogens with zero attached hydrogens (tertiary/aromatic N) is 2. The molecule has 1 aromatic heterocycles. The van der Waals surface area contributed by atoms with E-state index in [-0.39, 0.29) is 11.3 Å². The standard InChI is InChI=1S/C15H14F6N2S/c1-3-23(4-2)11-6-5-9(7-10(11)14(16,17)18)12-13(15(19,20)21)24-8-22-12/h5-8H,3-4H2,1-2H3. The van der Waals surface area contributed by atoms with Crippen LogP contribution < -0.4 is 4.90 Å². The van der Waals surface area contributed by atoms with Gasteiger partial charge in [0.2, 0.25) is 0 Å². The van der Waals surface area contributed by atoms with E-state index in [1.54, 1.807) is 13.8 Å². The summed E-state index contributed by atoms with van der Waals surface area (Å²) in [5.41, 5.74) is -0.732. The van der Waals surface area contributed by atoms with Gasteiger partial charge in [-0.05, 0) is 26.0 Å². The van der Waals surface area contributed by atoms with Crippen molar-refractivity contribution in [3.8, 4) is 11.3 Å². The van der Waals surface area contributed by atoms with Crippen LogP contribution in [0, 0.1) is 0 Å². The van der Waals surface area contributed by atoms with Crippen LogP contribution >= 0.6 is 11.3 Å². The van der Waals surface area contributed by atoms with Gasteiger partial charge in [0.15, 0.2) is 0 Å². The third-order valence-electron chi connectivity index (χ3n) is 3.50. The van der Waals surface area contributed by atoms with Gasteiger partial charge in [0.05, 0.1) is 16.8 Å². The summed E-state index contributed by atoms with van der Waals surface area (Å²) in [6, 6.07) is 3.18. The summed E-state index contributed by atoms with van der Waals surface area (Å²) in [4.78, 5) is 4.10. The maximum Gasteiger partial charge on any atom is 0.427 e. The number of benzene rings is 1. The molecular weight excluding hydrogens is 354 g/mol. The molecule has 1 aromatic carbocycles. The molecule has 0 aliphatic carbocycles. The molecule has 0 bridgehead atoms. The molecule has 0 aliphatic rings. The van der Waals surface area contributed by atoms with E-state index in [0.717, 1.165) is 11.6 Å². The Morgan fingerprint density at radius 1 is 1.00 bits per heavy atom. The number of alkyl halides is 6. The predicted molar refractivity (Wildman–Crippen MR) is 81.1 cm³/mol. The van der Waals surface area contributed by atoms with Gasteiger partial charge in [-0.15, -0.1) is 11.3 Å². The first-order chi connectivity index (χ1) is 11.1. The van der Waals surface area contributed by atoms with Gasteiger partial charge in [0.1, 0.15) is 4.88 Å². The zero-order valence-electron chi connectivity index (χ0n) is 12.8. The molecule has 2 rings (SSSR count). The number of rotatable bonds is 4. The van der Waals surface area contributed by atoms with Crippen LogP contribution in [0.15, 0.2) is 23.7 Å². The SMILES string of the molecule is CCN(CC)c1ccc(-c2ncsc2C(F)(F)F)cc1C(F)(F)F. The highest BCUT2D eigenvalue weighted by molar-refractivity contribution is 7.10. The van der Waals surface area contributed by atoms with Crippen LogP contribution in [0.3, 0.4) is 0 Å². The Morgan fingerprint density at radius 2 is 1.62 bits per heavy atom. The fourth-order valence-corrected chi connectivity index (χ4v) is 3.08. The molecule has 132 valence electrons. The van der Waals surface area contributed by atoms with Crippen molar-refractivity contribution in [2.24, 2.45) is 0 Å². The molecule has 0 radical (unpaired) electrons. The second kappa shape index (κ2) is 6.62. The smallest absolute Gasteiger partial charge is 0.372 e. The molecule has 1 heterocycles. The molecule has 0 aliphatic heterocycles. The van der Waals surface area contributed by atoms with Gasteiger partial charge < -0.3 is 4.90 Å². The first kappa shape index (κ1) is 18.6. The largest absolute Gasteiger partial charge is 0.427 e. The predicted octanol–water partition coefficient (Wildman–Crippen LogP) is 5.69. The second-order valence-corrected chi connectivity index (χ2v) is 5.78. The number of anilines is 1. The van der Waals surface area contributed by atoms with E-state index in [2.05, 4.69) is 4.98 Å². The Morgan fingerprint density at radius 3 is 2.12 bits per heavy atom. The summed E-state index contributed by atoms with van der Waals surface area (Å²) in [5.74, 6) is 0. The van der Waals surface area contributed by atoms with Crippen LogP contribution in [0.4, 0.5) is 32.0 Å². The molecule has 0 unspecified atom stereocenters. The number of halogens is 6. The van der Waals surface area contributed by atoms with Crippen LogP contribution in [-0.4, -0.2) is 18.1 Å². The van der Waals surface area contributed by atoms with Crippen molar-refractivity contribution in [1.29, 1.82) is 0 Å². The molecule has 0 atom stereocenters. The monoisotopic (exact) mass is 368 g/mol. The van der Waals surface area contributed by atoms with Crippen molar-refractivity contribution >= 4 is 17.0 Å². The fraction of sp³-hybridized carbons (Fsp3) is 0.400. The lowest BCUT2D eigenvalue weighted by Gasteiger charge is -2.25. The molecule has 2 nitrogen and oxygen atoms in total. The summed E-state index contributed by atoms with van der Waals surface area (Å²) < 4.78 is 79.0. The van der Waals surface area contributed by atoms with Gasteiger partial charge in [-0.1, -0.05) is 6.07 Å². The number of hydrogen-bond donors (Lipinski definition) is 0.